The highest BCUT2D eigenvalue weighted by molar-refractivity contribution is 5.76. The molecule has 7 N–H and O–H groups in total. The lowest BCUT2D eigenvalue weighted by atomic mass is 9.98. The summed E-state index contributed by atoms with van der Waals surface area (Å²) in [4.78, 5) is 12.9. The van der Waals surface area contributed by atoms with E-state index >= 15 is 0 Å². The summed E-state index contributed by atoms with van der Waals surface area (Å²) in [6.45, 7) is 3.56. The number of rotatable bonds is 31. The van der Waals surface area contributed by atoms with Crippen molar-refractivity contribution in [2.75, 3.05) is 13.2 Å². The van der Waals surface area contributed by atoms with Crippen molar-refractivity contribution >= 4 is 5.91 Å². The van der Waals surface area contributed by atoms with Gasteiger partial charge in [-0.3, -0.25) is 4.79 Å². The Morgan fingerprint density at radius 2 is 1.11 bits per heavy atom. The van der Waals surface area contributed by atoms with Crippen molar-refractivity contribution in [1.29, 1.82) is 0 Å². The van der Waals surface area contributed by atoms with E-state index < -0.39 is 55.6 Å². The average molecular weight is 676 g/mol. The van der Waals surface area contributed by atoms with Gasteiger partial charge in [0.25, 0.3) is 0 Å². The molecule has 1 rings (SSSR count). The molecule has 10 heteroatoms. The summed E-state index contributed by atoms with van der Waals surface area (Å²) in [6.07, 6.45) is 16.9. The minimum absolute atomic E-state index is 0.261. The molecule has 1 saturated heterocycles. The topological polar surface area (TPSA) is 169 Å². The Kier molecular flexibility index (Phi) is 27.2. The molecule has 1 heterocycles. The molecule has 0 spiro atoms. The fraction of sp³-hybridized carbons (Fsp3) is 0.973. The monoisotopic (exact) mass is 676 g/mol. The van der Waals surface area contributed by atoms with Gasteiger partial charge in [-0.25, -0.2) is 0 Å². The second kappa shape index (κ2) is 28.9. The lowest BCUT2D eigenvalue weighted by molar-refractivity contribution is -0.303. The molecule has 1 aliphatic rings. The molecular formula is C37H73NO9. The van der Waals surface area contributed by atoms with Gasteiger partial charge in [0.15, 0.2) is 6.29 Å². The Morgan fingerprint density at radius 3 is 1.57 bits per heavy atom. The molecule has 10 nitrogen and oxygen atoms in total. The zero-order chi connectivity index (χ0) is 34.7. The summed E-state index contributed by atoms with van der Waals surface area (Å²) >= 11 is 0. The Balaban J connectivity index is 2.50. The van der Waals surface area contributed by atoms with Gasteiger partial charge in [0.2, 0.25) is 5.91 Å². The van der Waals surface area contributed by atoms with Crippen LogP contribution in [0.2, 0.25) is 0 Å². The van der Waals surface area contributed by atoms with E-state index in [1.807, 2.05) is 0 Å². The number of amides is 1. The molecule has 0 aromatic heterocycles. The van der Waals surface area contributed by atoms with Crippen LogP contribution in [0.5, 0.6) is 0 Å². The van der Waals surface area contributed by atoms with Crippen LogP contribution in [0.1, 0.15) is 168 Å². The molecule has 280 valence electrons. The third-order valence-corrected chi connectivity index (χ3v) is 9.55. The highest BCUT2D eigenvalue weighted by Crippen LogP contribution is 2.23. The molecule has 0 bridgehead atoms. The maximum atomic E-state index is 12.9. The smallest absolute Gasteiger partial charge is 0.220 e. The largest absolute Gasteiger partial charge is 0.394 e. The first-order chi connectivity index (χ1) is 22.8. The third-order valence-electron chi connectivity index (χ3n) is 9.55. The van der Waals surface area contributed by atoms with Crippen molar-refractivity contribution < 1.29 is 44.9 Å². The van der Waals surface area contributed by atoms with Gasteiger partial charge in [-0.05, 0) is 12.8 Å². The zero-order valence-corrected chi connectivity index (χ0v) is 29.9. The first kappa shape index (κ1) is 44.2. The molecule has 0 aliphatic carbocycles. The SMILES string of the molecule is CCCCCCCCCCCCCC[C@@H](O)[C@@H](O)[C@H](CO[C@@H]1O[C@H](CO)[C@@H](O)C(O)C1O)NC(=O)CCCCCCCCCCCC. The van der Waals surface area contributed by atoms with Crippen molar-refractivity contribution in [3.05, 3.63) is 0 Å². The van der Waals surface area contributed by atoms with E-state index in [0.29, 0.717) is 6.42 Å². The maximum absolute atomic E-state index is 12.9. The fourth-order valence-electron chi connectivity index (χ4n) is 6.31. The Bertz CT molecular complexity index is 728. The molecule has 47 heavy (non-hydrogen) atoms. The van der Waals surface area contributed by atoms with Crippen molar-refractivity contribution in [3.8, 4) is 0 Å². The van der Waals surface area contributed by atoms with E-state index in [2.05, 4.69) is 19.2 Å². The minimum Gasteiger partial charge on any atom is -0.394 e. The molecule has 2 unspecified atom stereocenters. The van der Waals surface area contributed by atoms with Crippen LogP contribution in [-0.2, 0) is 14.3 Å². The number of hydrogen-bond donors (Lipinski definition) is 7. The third kappa shape index (κ3) is 20.4. The van der Waals surface area contributed by atoms with Crippen LogP contribution in [0.4, 0.5) is 0 Å². The second-order valence-electron chi connectivity index (χ2n) is 13.9. The highest BCUT2D eigenvalue weighted by atomic mass is 16.7. The van der Waals surface area contributed by atoms with Crippen LogP contribution in [-0.4, -0.2) is 98.7 Å². The summed E-state index contributed by atoms with van der Waals surface area (Å²) in [5, 5.41) is 64.7. The van der Waals surface area contributed by atoms with Crippen LogP contribution < -0.4 is 5.32 Å². The summed E-state index contributed by atoms with van der Waals surface area (Å²) in [5.41, 5.74) is 0. The van der Waals surface area contributed by atoms with Crippen LogP contribution in [0.15, 0.2) is 0 Å². The van der Waals surface area contributed by atoms with Crippen LogP contribution in [0.3, 0.4) is 0 Å². The van der Waals surface area contributed by atoms with Gasteiger partial charge in [0, 0.05) is 6.42 Å². The Hall–Kier alpha value is -0.850. The van der Waals surface area contributed by atoms with E-state index in [-0.39, 0.29) is 18.9 Å². The Morgan fingerprint density at radius 1 is 0.660 bits per heavy atom. The molecule has 8 atom stereocenters. The summed E-state index contributed by atoms with van der Waals surface area (Å²) in [7, 11) is 0. The number of nitrogens with one attached hydrogen (secondary N) is 1. The normalized spacial score (nSPS) is 23.4. The standard InChI is InChI=1S/C37H73NO9/c1-3-5-7-9-11-13-15-16-17-19-21-23-25-30(40)33(42)29(28-46-37-36(45)35(44)34(43)31(27-39)47-37)38-32(41)26-24-22-20-18-14-12-10-8-6-4-2/h29-31,33-37,39-40,42-45H,3-28H2,1-2H3,(H,38,41)/t29-,30+,31+,33-,34+,35?,36?,37+/m0/s1. The first-order valence-electron chi connectivity index (χ1n) is 19.3. The zero-order valence-electron chi connectivity index (χ0n) is 29.9. The van der Waals surface area contributed by atoms with E-state index in [1.54, 1.807) is 0 Å². The molecule has 0 aromatic rings. The summed E-state index contributed by atoms with van der Waals surface area (Å²) < 4.78 is 11.1. The van der Waals surface area contributed by atoms with Gasteiger partial charge in [0.1, 0.15) is 30.5 Å². The molecular weight excluding hydrogens is 602 g/mol. The van der Waals surface area contributed by atoms with Gasteiger partial charge in [-0.1, -0.05) is 149 Å². The van der Waals surface area contributed by atoms with Crippen LogP contribution in [0.25, 0.3) is 0 Å². The predicted octanol–water partition coefficient (Wildman–Crippen LogP) is 5.41. The van der Waals surface area contributed by atoms with E-state index in [9.17, 15) is 35.4 Å². The highest BCUT2D eigenvalue weighted by Gasteiger charge is 2.44. The Labute approximate surface area is 286 Å². The molecule has 1 amide bonds. The number of aliphatic hydroxyl groups is 6. The number of aliphatic hydroxyl groups excluding tert-OH is 6. The van der Waals surface area contributed by atoms with E-state index in [0.717, 1.165) is 51.4 Å². The van der Waals surface area contributed by atoms with Crippen molar-refractivity contribution in [2.24, 2.45) is 0 Å². The molecule has 1 fully saturated rings. The molecule has 0 saturated carbocycles. The molecule has 0 radical (unpaired) electrons. The number of hydrogen-bond acceptors (Lipinski definition) is 9. The maximum Gasteiger partial charge on any atom is 0.220 e. The quantitative estimate of drug-likeness (QED) is 0.0475. The summed E-state index contributed by atoms with van der Waals surface area (Å²) in [6, 6.07) is -0.981. The number of carbonyl (C=O) groups excluding carboxylic acids is 1. The van der Waals surface area contributed by atoms with Crippen LogP contribution >= 0.6 is 0 Å². The lowest BCUT2D eigenvalue weighted by Gasteiger charge is -2.40. The van der Waals surface area contributed by atoms with Gasteiger partial charge in [-0.15, -0.1) is 0 Å². The van der Waals surface area contributed by atoms with Gasteiger partial charge in [-0.2, -0.15) is 0 Å². The molecule has 0 aromatic carbocycles. The number of ether oxygens (including phenoxy) is 2. The van der Waals surface area contributed by atoms with Crippen molar-refractivity contribution in [1.82, 2.24) is 5.32 Å². The van der Waals surface area contributed by atoms with Gasteiger partial charge < -0.3 is 45.4 Å². The average Bonchev–Trinajstić information content (AvgIpc) is 3.07. The summed E-state index contributed by atoms with van der Waals surface area (Å²) in [5.74, 6) is -0.261. The number of carbonyl (C=O) groups is 1. The van der Waals surface area contributed by atoms with Crippen molar-refractivity contribution in [3.63, 3.8) is 0 Å². The van der Waals surface area contributed by atoms with E-state index in [1.165, 1.54) is 89.9 Å². The van der Waals surface area contributed by atoms with Gasteiger partial charge >= 0.3 is 0 Å². The van der Waals surface area contributed by atoms with Gasteiger partial charge in [0.05, 0.1) is 25.4 Å². The van der Waals surface area contributed by atoms with Crippen LogP contribution in [0, 0.1) is 0 Å². The second-order valence-corrected chi connectivity index (χ2v) is 13.9. The minimum atomic E-state index is -1.60. The molecule has 1 aliphatic heterocycles. The number of unbranched alkanes of at least 4 members (excludes halogenated alkanes) is 20. The first-order valence-corrected chi connectivity index (χ1v) is 19.3. The van der Waals surface area contributed by atoms with Crippen molar-refractivity contribution in [2.45, 2.75) is 217 Å². The lowest BCUT2D eigenvalue weighted by Crippen LogP contribution is -2.60. The fourth-order valence-corrected chi connectivity index (χ4v) is 6.31. The van der Waals surface area contributed by atoms with E-state index in [4.69, 9.17) is 9.47 Å². The predicted molar refractivity (Wildman–Crippen MR) is 186 cm³/mol.